The molecule has 0 aliphatic carbocycles. The normalized spacial score (nSPS) is 10.8. The molecule has 1 rings (SSSR count). The predicted octanol–water partition coefficient (Wildman–Crippen LogP) is 1.32. The molecule has 4 heteroatoms. The van der Waals surface area contributed by atoms with Crippen LogP contribution in [0.5, 0.6) is 0 Å². The van der Waals surface area contributed by atoms with Crippen molar-refractivity contribution >= 4 is 11.4 Å². The van der Waals surface area contributed by atoms with E-state index in [9.17, 15) is 5.11 Å². The van der Waals surface area contributed by atoms with E-state index in [1.165, 1.54) is 0 Å². The van der Waals surface area contributed by atoms with Crippen LogP contribution >= 0.6 is 0 Å². The van der Waals surface area contributed by atoms with Crippen LogP contribution in [0.4, 0.5) is 11.4 Å². The number of benzene rings is 1. The molecule has 0 aliphatic heterocycles. The van der Waals surface area contributed by atoms with E-state index < -0.39 is 5.60 Å². The van der Waals surface area contributed by atoms with Crippen molar-refractivity contribution in [2.24, 2.45) is 0 Å². The highest BCUT2D eigenvalue weighted by Crippen LogP contribution is 2.22. The van der Waals surface area contributed by atoms with E-state index in [1.54, 1.807) is 32.0 Å². The molecule has 4 nitrogen and oxygen atoms in total. The zero-order valence-corrected chi connectivity index (χ0v) is 8.91. The van der Waals surface area contributed by atoms with Gasteiger partial charge in [0.05, 0.1) is 22.5 Å². The van der Waals surface area contributed by atoms with Crippen molar-refractivity contribution in [2.45, 2.75) is 19.4 Å². The Morgan fingerprint density at radius 1 is 1.53 bits per heavy atom. The van der Waals surface area contributed by atoms with Gasteiger partial charge in [-0.3, -0.25) is 0 Å². The summed E-state index contributed by atoms with van der Waals surface area (Å²) in [5.41, 5.74) is 6.48. The molecule has 0 aromatic heterocycles. The van der Waals surface area contributed by atoms with E-state index in [0.717, 1.165) is 0 Å². The first-order valence-corrected chi connectivity index (χ1v) is 4.69. The number of nitrogens with zero attached hydrogens (tertiary/aromatic N) is 1. The lowest BCUT2D eigenvalue weighted by Gasteiger charge is -2.19. The molecular weight excluding hydrogens is 190 g/mol. The second kappa shape index (κ2) is 4.20. The van der Waals surface area contributed by atoms with Crippen LogP contribution in [-0.4, -0.2) is 17.3 Å². The highest BCUT2D eigenvalue weighted by Gasteiger charge is 2.13. The number of aliphatic hydroxyl groups is 1. The van der Waals surface area contributed by atoms with E-state index in [0.29, 0.717) is 23.5 Å². The van der Waals surface area contributed by atoms with Crippen molar-refractivity contribution in [1.82, 2.24) is 0 Å². The van der Waals surface area contributed by atoms with Gasteiger partial charge in [-0.25, -0.2) is 0 Å². The molecule has 0 saturated heterocycles. The van der Waals surface area contributed by atoms with Crippen LogP contribution in [0.3, 0.4) is 0 Å². The second-order valence-corrected chi connectivity index (χ2v) is 4.04. The molecule has 0 heterocycles. The molecule has 0 saturated carbocycles. The summed E-state index contributed by atoms with van der Waals surface area (Å²) in [6.07, 6.45) is 0. The molecule has 0 unspecified atom stereocenters. The smallest absolute Gasteiger partial charge is 0.101 e. The third-order valence-corrected chi connectivity index (χ3v) is 1.94. The number of nitrogens with one attached hydrogen (secondary N) is 1. The Morgan fingerprint density at radius 3 is 2.73 bits per heavy atom. The second-order valence-electron chi connectivity index (χ2n) is 4.04. The van der Waals surface area contributed by atoms with Gasteiger partial charge in [-0.1, -0.05) is 6.07 Å². The number of hydrogen-bond acceptors (Lipinski definition) is 4. The van der Waals surface area contributed by atoms with Crippen LogP contribution < -0.4 is 11.1 Å². The van der Waals surface area contributed by atoms with Crippen molar-refractivity contribution in [3.05, 3.63) is 23.8 Å². The molecule has 0 amide bonds. The maximum Gasteiger partial charge on any atom is 0.101 e. The van der Waals surface area contributed by atoms with Gasteiger partial charge in [0.25, 0.3) is 0 Å². The topological polar surface area (TPSA) is 82.1 Å². The van der Waals surface area contributed by atoms with E-state index in [4.69, 9.17) is 11.0 Å². The van der Waals surface area contributed by atoms with E-state index in [1.807, 2.05) is 6.07 Å². The van der Waals surface area contributed by atoms with Gasteiger partial charge in [0.15, 0.2) is 0 Å². The van der Waals surface area contributed by atoms with Gasteiger partial charge in [0, 0.05) is 6.54 Å². The molecule has 1 aromatic carbocycles. The number of nitrogen functional groups attached to an aromatic ring is 1. The molecule has 15 heavy (non-hydrogen) atoms. The Hall–Kier alpha value is -1.73. The van der Waals surface area contributed by atoms with Gasteiger partial charge in [-0.2, -0.15) is 5.26 Å². The third kappa shape index (κ3) is 3.15. The summed E-state index contributed by atoms with van der Waals surface area (Å²) in [6.45, 7) is 3.78. The monoisotopic (exact) mass is 205 g/mol. The number of hydrogen-bond donors (Lipinski definition) is 3. The van der Waals surface area contributed by atoms with Crippen molar-refractivity contribution < 1.29 is 5.11 Å². The van der Waals surface area contributed by atoms with Gasteiger partial charge >= 0.3 is 0 Å². The minimum Gasteiger partial charge on any atom is -0.396 e. The van der Waals surface area contributed by atoms with Crippen molar-refractivity contribution in [3.8, 4) is 6.07 Å². The van der Waals surface area contributed by atoms with Gasteiger partial charge in [0.2, 0.25) is 0 Å². The number of anilines is 2. The van der Waals surface area contributed by atoms with Crippen LogP contribution in [0.1, 0.15) is 19.4 Å². The Morgan fingerprint density at radius 2 is 2.20 bits per heavy atom. The van der Waals surface area contributed by atoms with Crippen LogP contribution in [0.15, 0.2) is 18.2 Å². The molecule has 0 aliphatic rings. The van der Waals surface area contributed by atoms with Gasteiger partial charge in [0.1, 0.15) is 6.07 Å². The Balaban J connectivity index is 2.83. The van der Waals surface area contributed by atoms with E-state index >= 15 is 0 Å². The molecule has 0 bridgehead atoms. The molecular formula is C11H15N3O. The molecule has 0 fully saturated rings. The quantitative estimate of drug-likeness (QED) is 0.650. The van der Waals surface area contributed by atoms with Gasteiger partial charge in [-0.15, -0.1) is 0 Å². The fourth-order valence-corrected chi connectivity index (χ4v) is 1.13. The molecule has 0 atom stereocenters. The highest BCUT2D eigenvalue weighted by atomic mass is 16.3. The SMILES string of the molecule is CC(C)(O)CNc1cccc(C#N)c1N. The summed E-state index contributed by atoms with van der Waals surface area (Å²) >= 11 is 0. The lowest BCUT2D eigenvalue weighted by Crippen LogP contribution is -2.29. The first kappa shape index (κ1) is 11.3. The Labute approximate surface area is 89.3 Å². The third-order valence-electron chi connectivity index (χ3n) is 1.94. The number of nitriles is 1. The summed E-state index contributed by atoms with van der Waals surface area (Å²) in [6, 6.07) is 7.19. The number of para-hydroxylation sites is 1. The number of nitrogens with two attached hydrogens (primary N) is 1. The Kier molecular flexibility index (Phi) is 3.17. The van der Waals surface area contributed by atoms with Crippen LogP contribution in [0.2, 0.25) is 0 Å². The van der Waals surface area contributed by atoms with Crippen molar-refractivity contribution in [3.63, 3.8) is 0 Å². The first-order valence-electron chi connectivity index (χ1n) is 4.69. The zero-order valence-electron chi connectivity index (χ0n) is 8.91. The maximum atomic E-state index is 9.53. The van der Waals surface area contributed by atoms with Gasteiger partial charge in [-0.05, 0) is 26.0 Å². The van der Waals surface area contributed by atoms with Crippen LogP contribution in [0, 0.1) is 11.3 Å². The zero-order chi connectivity index (χ0) is 11.5. The first-order chi connectivity index (χ1) is 6.94. The largest absolute Gasteiger partial charge is 0.396 e. The molecule has 0 spiro atoms. The standard InChI is InChI=1S/C11H15N3O/c1-11(2,15)7-14-9-5-3-4-8(6-12)10(9)13/h3-5,14-15H,7,13H2,1-2H3. The summed E-state index contributed by atoms with van der Waals surface area (Å²) in [5.74, 6) is 0. The highest BCUT2D eigenvalue weighted by molar-refractivity contribution is 5.72. The average Bonchev–Trinajstić information content (AvgIpc) is 2.15. The summed E-state index contributed by atoms with van der Waals surface area (Å²) < 4.78 is 0. The number of rotatable bonds is 3. The van der Waals surface area contributed by atoms with Crippen LogP contribution in [-0.2, 0) is 0 Å². The van der Waals surface area contributed by atoms with E-state index in [-0.39, 0.29) is 0 Å². The van der Waals surface area contributed by atoms with Crippen molar-refractivity contribution in [1.29, 1.82) is 5.26 Å². The lowest BCUT2D eigenvalue weighted by atomic mass is 10.1. The Bertz CT molecular complexity index is 388. The average molecular weight is 205 g/mol. The van der Waals surface area contributed by atoms with Crippen molar-refractivity contribution in [2.75, 3.05) is 17.6 Å². The van der Waals surface area contributed by atoms with E-state index in [2.05, 4.69) is 5.32 Å². The minimum absolute atomic E-state index is 0.381. The minimum atomic E-state index is -0.810. The summed E-state index contributed by atoms with van der Waals surface area (Å²) in [7, 11) is 0. The molecule has 1 aromatic rings. The van der Waals surface area contributed by atoms with Crippen LogP contribution in [0.25, 0.3) is 0 Å². The van der Waals surface area contributed by atoms with Gasteiger partial charge < -0.3 is 16.2 Å². The summed E-state index contributed by atoms with van der Waals surface area (Å²) in [4.78, 5) is 0. The molecule has 4 N–H and O–H groups in total. The molecule has 0 radical (unpaired) electrons. The summed E-state index contributed by atoms with van der Waals surface area (Å²) in [5, 5.41) is 21.3. The lowest BCUT2D eigenvalue weighted by molar-refractivity contribution is 0.0945. The predicted molar refractivity (Wildman–Crippen MR) is 60.4 cm³/mol. The maximum absolute atomic E-state index is 9.53. The fraction of sp³-hybridized carbons (Fsp3) is 0.364. The fourth-order valence-electron chi connectivity index (χ4n) is 1.13. The molecule has 80 valence electrons.